The molecule has 0 amide bonds. The van der Waals surface area contributed by atoms with Gasteiger partial charge in [-0.15, -0.1) is 13.2 Å². The monoisotopic (exact) mass is 246 g/mol. The van der Waals surface area contributed by atoms with Crippen LogP contribution in [0.3, 0.4) is 0 Å². The van der Waals surface area contributed by atoms with Gasteiger partial charge in [0.25, 0.3) is 0 Å². The molecule has 18 heavy (non-hydrogen) atoms. The Kier molecular flexibility index (Phi) is 7.85. The van der Waals surface area contributed by atoms with Gasteiger partial charge >= 0.3 is 0 Å². The Hall–Kier alpha value is -1.38. The van der Waals surface area contributed by atoms with Gasteiger partial charge in [-0.3, -0.25) is 0 Å². The Morgan fingerprint density at radius 1 is 1.11 bits per heavy atom. The molecule has 0 aliphatic rings. The number of benzene rings is 1. The van der Waals surface area contributed by atoms with E-state index in [1.54, 1.807) is 6.08 Å². The minimum atomic E-state index is 0.115. The Morgan fingerprint density at radius 3 is 2.56 bits per heavy atom. The van der Waals surface area contributed by atoms with E-state index in [0.717, 1.165) is 12.8 Å². The van der Waals surface area contributed by atoms with Crippen molar-refractivity contribution in [2.75, 3.05) is 13.2 Å². The van der Waals surface area contributed by atoms with Gasteiger partial charge in [-0.2, -0.15) is 0 Å². The highest BCUT2D eigenvalue weighted by molar-refractivity contribution is 5.13. The first-order valence-electron chi connectivity index (χ1n) is 6.32. The topological polar surface area (TPSA) is 18.5 Å². The van der Waals surface area contributed by atoms with Crippen LogP contribution in [0.15, 0.2) is 55.6 Å². The molecule has 98 valence electrons. The van der Waals surface area contributed by atoms with Crippen LogP contribution in [0.1, 0.15) is 18.4 Å². The van der Waals surface area contributed by atoms with Crippen molar-refractivity contribution >= 4 is 0 Å². The first-order valence-corrected chi connectivity index (χ1v) is 6.32. The van der Waals surface area contributed by atoms with Crippen LogP contribution in [-0.2, 0) is 16.1 Å². The van der Waals surface area contributed by atoms with Crippen LogP contribution in [0.25, 0.3) is 0 Å². The van der Waals surface area contributed by atoms with Gasteiger partial charge in [0.05, 0.1) is 25.9 Å². The van der Waals surface area contributed by atoms with E-state index in [9.17, 15) is 0 Å². The average Bonchev–Trinajstić information content (AvgIpc) is 2.42. The molecule has 0 spiro atoms. The lowest BCUT2D eigenvalue weighted by molar-refractivity contribution is -0.0146. The van der Waals surface area contributed by atoms with Crippen molar-refractivity contribution in [3.63, 3.8) is 0 Å². The molecule has 0 heterocycles. The molecule has 1 aromatic carbocycles. The van der Waals surface area contributed by atoms with E-state index >= 15 is 0 Å². The smallest absolute Gasteiger partial charge is 0.0815 e. The van der Waals surface area contributed by atoms with Crippen LogP contribution in [0, 0.1) is 0 Å². The normalized spacial score (nSPS) is 12.0. The zero-order chi connectivity index (χ0) is 13.1. The number of ether oxygens (including phenoxy) is 2. The predicted molar refractivity (Wildman–Crippen MR) is 75.5 cm³/mol. The Balaban J connectivity index is 2.27. The van der Waals surface area contributed by atoms with Crippen LogP contribution in [-0.4, -0.2) is 19.3 Å². The van der Waals surface area contributed by atoms with Crippen LogP contribution in [0.5, 0.6) is 0 Å². The van der Waals surface area contributed by atoms with Gasteiger partial charge in [0.2, 0.25) is 0 Å². The molecule has 0 bridgehead atoms. The molecule has 1 atom stereocenters. The van der Waals surface area contributed by atoms with Crippen molar-refractivity contribution in [1.82, 2.24) is 0 Å². The number of rotatable bonds is 10. The molecule has 2 nitrogen and oxygen atoms in total. The van der Waals surface area contributed by atoms with Crippen molar-refractivity contribution in [3.05, 3.63) is 61.2 Å². The largest absolute Gasteiger partial charge is 0.374 e. The maximum atomic E-state index is 5.68. The maximum Gasteiger partial charge on any atom is 0.0815 e. The van der Waals surface area contributed by atoms with Gasteiger partial charge in [-0.05, 0) is 18.4 Å². The second kappa shape index (κ2) is 9.63. The third kappa shape index (κ3) is 6.38. The van der Waals surface area contributed by atoms with E-state index in [-0.39, 0.29) is 6.10 Å². The van der Waals surface area contributed by atoms with Crippen LogP contribution in [0.2, 0.25) is 0 Å². The molecule has 0 unspecified atom stereocenters. The average molecular weight is 246 g/mol. The van der Waals surface area contributed by atoms with Crippen LogP contribution < -0.4 is 0 Å². The van der Waals surface area contributed by atoms with E-state index in [4.69, 9.17) is 9.47 Å². The summed E-state index contributed by atoms with van der Waals surface area (Å²) in [5, 5.41) is 0. The van der Waals surface area contributed by atoms with Crippen molar-refractivity contribution < 1.29 is 9.47 Å². The van der Waals surface area contributed by atoms with Crippen molar-refractivity contribution in [2.24, 2.45) is 0 Å². The fourth-order valence-corrected chi connectivity index (χ4v) is 1.61. The van der Waals surface area contributed by atoms with Gasteiger partial charge in [0.1, 0.15) is 0 Å². The van der Waals surface area contributed by atoms with Gasteiger partial charge in [0, 0.05) is 0 Å². The molecular weight excluding hydrogens is 224 g/mol. The summed E-state index contributed by atoms with van der Waals surface area (Å²) < 4.78 is 11.3. The fraction of sp³-hybridized carbons (Fsp3) is 0.375. The molecule has 1 aromatic rings. The minimum absolute atomic E-state index is 0.115. The number of hydrogen-bond donors (Lipinski definition) is 0. The van der Waals surface area contributed by atoms with E-state index in [1.807, 2.05) is 24.3 Å². The molecule has 0 N–H and O–H groups in total. The van der Waals surface area contributed by atoms with E-state index in [1.165, 1.54) is 5.56 Å². The lowest BCUT2D eigenvalue weighted by atomic mass is 10.2. The minimum Gasteiger partial charge on any atom is -0.374 e. The first kappa shape index (κ1) is 14.7. The summed E-state index contributed by atoms with van der Waals surface area (Å²) >= 11 is 0. The summed E-state index contributed by atoms with van der Waals surface area (Å²) in [6.07, 6.45) is 5.66. The standard InChI is InChI=1S/C16H22O2/c1-3-5-11-16(18-12-4-2)14-17-13-15-9-7-6-8-10-15/h3-4,6-10,16H,1-2,5,11-14H2/t16-/m0/s1. The summed E-state index contributed by atoms with van der Waals surface area (Å²) in [6, 6.07) is 10.2. The lowest BCUT2D eigenvalue weighted by Crippen LogP contribution is -2.20. The Morgan fingerprint density at radius 2 is 1.89 bits per heavy atom. The molecule has 0 aliphatic heterocycles. The highest BCUT2D eigenvalue weighted by atomic mass is 16.5. The van der Waals surface area contributed by atoms with Crippen LogP contribution in [0.4, 0.5) is 0 Å². The van der Waals surface area contributed by atoms with E-state index < -0.39 is 0 Å². The van der Waals surface area contributed by atoms with Gasteiger partial charge in [0.15, 0.2) is 0 Å². The van der Waals surface area contributed by atoms with Gasteiger partial charge < -0.3 is 9.47 Å². The highest BCUT2D eigenvalue weighted by Crippen LogP contribution is 2.07. The zero-order valence-electron chi connectivity index (χ0n) is 10.9. The molecule has 0 fully saturated rings. The first-order chi connectivity index (χ1) is 8.86. The van der Waals surface area contributed by atoms with E-state index in [2.05, 4.69) is 25.3 Å². The summed E-state index contributed by atoms with van der Waals surface area (Å²) in [5.41, 5.74) is 1.18. The third-order valence-corrected chi connectivity index (χ3v) is 2.56. The van der Waals surface area contributed by atoms with Crippen molar-refractivity contribution in [1.29, 1.82) is 0 Å². The molecule has 0 saturated carbocycles. The van der Waals surface area contributed by atoms with Gasteiger partial charge in [-0.1, -0.05) is 42.5 Å². The molecule has 0 saturated heterocycles. The van der Waals surface area contributed by atoms with Gasteiger partial charge in [-0.25, -0.2) is 0 Å². The van der Waals surface area contributed by atoms with Crippen molar-refractivity contribution in [2.45, 2.75) is 25.6 Å². The Labute approximate surface area is 110 Å². The molecule has 2 heteroatoms. The summed E-state index contributed by atoms with van der Waals surface area (Å²) in [4.78, 5) is 0. The summed E-state index contributed by atoms with van der Waals surface area (Å²) in [5.74, 6) is 0. The summed E-state index contributed by atoms with van der Waals surface area (Å²) in [6.45, 7) is 9.18. The second-order valence-corrected chi connectivity index (χ2v) is 4.11. The second-order valence-electron chi connectivity index (χ2n) is 4.11. The molecule has 0 aromatic heterocycles. The fourth-order valence-electron chi connectivity index (χ4n) is 1.61. The van der Waals surface area contributed by atoms with Crippen molar-refractivity contribution in [3.8, 4) is 0 Å². The number of hydrogen-bond acceptors (Lipinski definition) is 2. The molecule has 1 rings (SSSR count). The maximum absolute atomic E-state index is 5.68. The van der Waals surface area contributed by atoms with Crippen LogP contribution >= 0.6 is 0 Å². The molecule has 0 radical (unpaired) electrons. The lowest BCUT2D eigenvalue weighted by Gasteiger charge is -2.16. The third-order valence-electron chi connectivity index (χ3n) is 2.56. The highest BCUT2D eigenvalue weighted by Gasteiger charge is 2.07. The molecule has 0 aliphatic carbocycles. The molecular formula is C16H22O2. The quantitative estimate of drug-likeness (QED) is 0.585. The zero-order valence-corrected chi connectivity index (χ0v) is 10.9. The predicted octanol–water partition coefficient (Wildman–Crippen LogP) is 3.74. The summed E-state index contributed by atoms with van der Waals surface area (Å²) in [7, 11) is 0. The Bertz CT molecular complexity index is 320. The van der Waals surface area contributed by atoms with E-state index in [0.29, 0.717) is 19.8 Å². The SMILES string of the molecule is C=CCC[C@@H](COCc1ccccc1)OCC=C. The number of allylic oxidation sites excluding steroid dienone is 1.